The number of nitrogens with zero attached hydrogens (tertiary/aromatic N) is 2. The van der Waals surface area contributed by atoms with Crippen molar-refractivity contribution in [3.05, 3.63) is 133 Å². The number of rotatable bonds is 5. The molecule has 47 heavy (non-hydrogen) atoms. The molecule has 7 nitrogen and oxygen atoms in total. The van der Waals surface area contributed by atoms with Crippen LogP contribution in [0.3, 0.4) is 0 Å². The van der Waals surface area contributed by atoms with Gasteiger partial charge in [0.1, 0.15) is 0 Å². The monoisotopic (exact) mass is 678 g/mol. The second-order valence-corrected chi connectivity index (χ2v) is 12.5. The molecule has 0 atom stereocenters. The molecule has 0 saturated carbocycles. The zero-order chi connectivity index (χ0) is 32.2. The van der Waals surface area contributed by atoms with Crippen LogP contribution in [-0.4, -0.2) is 26.0 Å². The molecule has 0 radical (unpaired) electrons. The highest BCUT2D eigenvalue weighted by atomic mass is 79.9. The van der Waals surface area contributed by atoms with Gasteiger partial charge in [-0.1, -0.05) is 60.7 Å². The molecule has 5 heterocycles. The molecule has 3 aromatic carbocycles. The zero-order valence-electron chi connectivity index (χ0n) is 25.5. The van der Waals surface area contributed by atoms with Crippen LogP contribution in [0, 0.1) is 0 Å². The molecule has 2 N–H and O–H groups in total. The standard InChI is InChI=1S/C39H27BrN4O3/c1-21(2)47-39-35(37(45)38(39)46)34-28-15-13-24(41-28)32(22-9-5-3-6-10-22)26-17-19-30(43-26)36(40)31-20-18-27(44-31)33(23-11-7-4-8-12-23)25-14-16-29(34)42-25/h3-21,41-42H,1-2H3. The molecule has 8 heteroatoms. The van der Waals surface area contributed by atoms with Gasteiger partial charge in [-0.2, -0.15) is 0 Å². The summed E-state index contributed by atoms with van der Waals surface area (Å²) in [4.78, 5) is 43.5. The molecule has 3 aromatic heterocycles. The summed E-state index contributed by atoms with van der Waals surface area (Å²) in [6, 6.07) is 27.9. The third-order valence-electron chi connectivity index (χ3n) is 8.29. The van der Waals surface area contributed by atoms with Crippen molar-refractivity contribution >= 4 is 62.3 Å². The van der Waals surface area contributed by atoms with Crippen LogP contribution in [0.25, 0.3) is 79.8 Å². The summed E-state index contributed by atoms with van der Waals surface area (Å²) in [6.07, 6.45) is 7.66. The Kier molecular flexibility index (Phi) is 6.95. The number of hydrogen-bond acceptors (Lipinski definition) is 5. The molecule has 8 bridgehead atoms. The van der Waals surface area contributed by atoms with Gasteiger partial charge in [-0.05, 0) is 89.5 Å². The van der Waals surface area contributed by atoms with Crippen LogP contribution in [0.5, 0.6) is 5.75 Å². The predicted molar refractivity (Wildman–Crippen MR) is 194 cm³/mol. The van der Waals surface area contributed by atoms with Crippen molar-refractivity contribution in [2.75, 3.05) is 0 Å². The summed E-state index contributed by atoms with van der Waals surface area (Å²) in [5, 5.41) is 0. The van der Waals surface area contributed by atoms with Crippen molar-refractivity contribution in [3.8, 4) is 39.1 Å². The van der Waals surface area contributed by atoms with Gasteiger partial charge in [0.05, 0.1) is 38.9 Å². The number of halogens is 1. The van der Waals surface area contributed by atoms with E-state index < -0.39 is 10.9 Å². The maximum Gasteiger partial charge on any atom is 0.268 e. The summed E-state index contributed by atoms with van der Waals surface area (Å²) >= 11 is 3.80. The maximum absolute atomic E-state index is 13.3. The fourth-order valence-electron chi connectivity index (χ4n) is 6.20. The normalized spacial score (nSPS) is 12.3. The van der Waals surface area contributed by atoms with Gasteiger partial charge in [0.25, 0.3) is 5.43 Å². The Hall–Kier alpha value is -5.60. The van der Waals surface area contributed by atoms with Crippen LogP contribution >= 0.6 is 15.9 Å². The van der Waals surface area contributed by atoms with Gasteiger partial charge in [0, 0.05) is 38.8 Å². The van der Waals surface area contributed by atoms with E-state index >= 15 is 0 Å². The van der Waals surface area contributed by atoms with Crippen LogP contribution in [-0.2, 0) is 0 Å². The van der Waals surface area contributed by atoms with Crippen molar-refractivity contribution in [2.24, 2.45) is 0 Å². The predicted octanol–water partition coefficient (Wildman–Crippen LogP) is 8.80. The number of ether oxygens (including phenoxy) is 1. The van der Waals surface area contributed by atoms with E-state index in [1.54, 1.807) is 0 Å². The van der Waals surface area contributed by atoms with E-state index in [1.807, 2.05) is 123 Å². The third-order valence-corrected chi connectivity index (χ3v) is 9.10. The first-order chi connectivity index (χ1) is 22.9. The van der Waals surface area contributed by atoms with E-state index in [9.17, 15) is 9.59 Å². The largest absolute Gasteiger partial charge is 0.486 e. The van der Waals surface area contributed by atoms with Crippen molar-refractivity contribution in [2.45, 2.75) is 20.0 Å². The van der Waals surface area contributed by atoms with Gasteiger partial charge in [-0.3, -0.25) is 9.59 Å². The van der Waals surface area contributed by atoms with E-state index in [4.69, 9.17) is 14.7 Å². The molecular weight excluding hydrogens is 652 g/mol. The minimum Gasteiger partial charge on any atom is -0.486 e. The second-order valence-electron chi connectivity index (χ2n) is 11.7. The van der Waals surface area contributed by atoms with Gasteiger partial charge in [-0.25, -0.2) is 9.97 Å². The van der Waals surface area contributed by atoms with Crippen molar-refractivity contribution in [1.82, 2.24) is 19.9 Å². The van der Waals surface area contributed by atoms with Crippen molar-refractivity contribution < 1.29 is 4.74 Å². The average molecular weight is 680 g/mol. The fourth-order valence-corrected chi connectivity index (χ4v) is 6.65. The van der Waals surface area contributed by atoms with Crippen LogP contribution in [0.15, 0.2) is 99.0 Å². The first-order valence-corrected chi connectivity index (χ1v) is 16.1. The van der Waals surface area contributed by atoms with Crippen LogP contribution in [0.1, 0.15) is 36.6 Å². The number of nitrogens with one attached hydrogen (secondary N) is 2. The van der Waals surface area contributed by atoms with E-state index in [0.29, 0.717) is 16.6 Å². The summed E-state index contributed by atoms with van der Waals surface area (Å²) in [7, 11) is 0. The Morgan fingerprint density at radius 2 is 0.979 bits per heavy atom. The fraction of sp³-hybridized carbons (Fsp3) is 0.0769. The lowest BCUT2D eigenvalue weighted by Gasteiger charge is -2.15. The Morgan fingerprint density at radius 1 is 0.553 bits per heavy atom. The van der Waals surface area contributed by atoms with Gasteiger partial charge in [-0.15, -0.1) is 0 Å². The molecule has 8 rings (SSSR count). The first kappa shape index (κ1) is 28.8. The maximum atomic E-state index is 13.3. The second kappa shape index (κ2) is 11.3. The number of aromatic nitrogens is 4. The molecule has 228 valence electrons. The first-order valence-electron chi connectivity index (χ1n) is 15.3. The lowest BCUT2D eigenvalue weighted by atomic mass is 9.99. The van der Waals surface area contributed by atoms with Crippen molar-refractivity contribution in [3.63, 3.8) is 0 Å². The number of hydrogen-bond donors (Lipinski definition) is 2. The summed E-state index contributed by atoms with van der Waals surface area (Å²) in [5.74, 6) is 0.0753. The number of fused-ring (bicyclic) bond motifs is 8. The number of H-pyrrole nitrogens is 2. The van der Waals surface area contributed by atoms with E-state index in [1.165, 1.54) is 0 Å². The minimum atomic E-state index is -0.621. The van der Waals surface area contributed by atoms with Crippen LogP contribution in [0.2, 0.25) is 0 Å². The van der Waals surface area contributed by atoms with Crippen LogP contribution in [0.4, 0.5) is 0 Å². The molecule has 6 aromatic rings. The average Bonchev–Trinajstić information content (AvgIpc) is 3.92. The molecular formula is C39H27BrN4O3. The van der Waals surface area contributed by atoms with Crippen molar-refractivity contribution in [1.29, 1.82) is 0 Å². The highest BCUT2D eigenvalue weighted by molar-refractivity contribution is 9.10. The Labute approximate surface area is 277 Å². The molecule has 0 saturated heterocycles. The number of aromatic amines is 2. The smallest absolute Gasteiger partial charge is 0.268 e. The molecule has 0 aliphatic carbocycles. The van der Waals surface area contributed by atoms with Crippen LogP contribution < -0.4 is 15.6 Å². The highest BCUT2D eigenvalue weighted by Crippen LogP contribution is 2.38. The zero-order valence-corrected chi connectivity index (χ0v) is 27.1. The Bertz CT molecular complexity index is 2380. The van der Waals surface area contributed by atoms with E-state index in [-0.39, 0.29) is 17.4 Å². The Balaban J connectivity index is 1.56. The topological polar surface area (TPSA) is 101 Å². The molecule has 2 aliphatic rings. The summed E-state index contributed by atoms with van der Waals surface area (Å²) in [6.45, 7) is 3.67. The summed E-state index contributed by atoms with van der Waals surface area (Å²) < 4.78 is 6.71. The highest BCUT2D eigenvalue weighted by Gasteiger charge is 2.28. The number of benzene rings is 2. The molecule has 0 spiro atoms. The molecule has 0 amide bonds. The van der Waals surface area contributed by atoms with Gasteiger partial charge < -0.3 is 14.7 Å². The Morgan fingerprint density at radius 3 is 1.43 bits per heavy atom. The molecule has 2 aliphatic heterocycles. The third kappa shape index (κ3) is 4.89. The quantitative estimate of drug-likeness (QED) is 0.177. The van der Waals surface area contributed by atoms with E-state index in [0.717, 1.165) is 60.5 Å². The lowest BCUT2D eigenvalue weighted by Crippen LogP contribution is -2.35. The SMILES string of the molecule is CC(C)Oc1c(-c2c3ccc([nH]3)c(-c3ccccc3)c3nc(c(Br)c4nc(c(-c5ccccc5)c5ccc2[nH]5)C=C4)C=C3)c(=O)c1=O. The lowest BCUT2D eigenvalue weighted by molar-refractivity contribution is 0.238. The van der Waals surface area contributed by atoms with E-state index in [2.05, 4.69) is 25.9 Å². The van der Waals surface area contributed by atoms with Gasteiger partial charge in [0.15, 0.2) is 5.75 Å². The summed E-state index contributed by atoms with van der Waals surface area (Å²) in [5.41, 5.74) is 9.30. The van der Waals surface area contributed by atoms with Gasteiger partial charge >= 0.3 is 0 Å². The minimum absolute atomic E-state index is 0.0753. The molecule has 0 unspecified atom stereocenters. The molecule has 0 fully saturated rings. The van der Waals surface area contributed by atoms with Gasteiger partial charge in [0.2, 0.25) is 5.43 Å².